The van der Waals surface area contributed by atoms with Crippen molar-refractivity contribution < 1.29 is 13.6 Å². The molecule has 0 atom stereocenters. The number of hydrogen-bond acceptors (Lipinski definition) is 4. The molecule has 2 N–H and O–H groups in total. The summed E-state index contributed by atoms with van der Waals surface area (Å²) in [5.41, 5.74) is 1.57. The fourth-order valence-corrected chi connectivity index (χ4v) is 2.97. The van der Waals surface area contributed by atoms with E-state index < -0.39 is 10.0 Å². The number of oxime groups is 1. The van der Waals surface area contributed by atoms with Crippen molar-refractivity contribution in [2.75, 3.05) is 10.5 Å². The molecule has 0 aliphatic heterocycles. The molecule has 0 aliphatic rings. The number of sulfonamides is 1. The first-order chi connectivity index (χ1) is 8.34. The van der Waals surface area contributed by atoms with E-state index in [0.717, 1.165) is 0 Å². The highest BCUT2D eigenvalue weighted by Gasteiger charge is 2.13. The lowest BCUT2D eigenvalue weighted by molar-refractivity contribution is 0.319. The minimum absolute atomic E-state index is 0.0615. The van der Waals surface area contributed by atoms with Crippen LogP contribution in [0.25, 0.3) is 0 Å². The zero-order valence-corrected chi connectivity index (χ0v) is 11.5. The second-order valence-corrected chi connectivity index (χ2v) is 6.31. The van der Waals surface area contributed by atoms with Gasteiger partial charge in [0.25, 0.3) is 0 Å². The zero-order chi connectivity index (χ0) is 13.8. The summed E-state index contributed by atoms with van der Waals surface area (Å²) < 4.78 is 26.0. The van der Waals surface area contributed by atoms with E-state index in [1.165, 1.54) is 0 Å². The Balaban J connectivity index is 2.92. The third-order valence-corrected chi connectivity index (χ3v) is 3.91. The SMILES string of the molecule is CC(=NO)c1cccc(NS(=O)(=O)CC(C)C)c1. The lowest BCUT2D eigenvalue weighted by atomic mass is 10.1. The third-order valence-electron chi connectivity index (χ3n) is 2.26. The van der Waals surface area contributed by atoms with E-state index in [4.69, 9.17) is 5.21 Å². The minimum atomic E-state index is -3.34. The van der Waals surface area contributed by atoms with Crippen LogP contribution in [0.3, 0.4) is 0 Å². The summed E-state index contributed by atoms with van der Waals surface area (Å²) in [7, 11) is -3.34. The molecule has 0 saturated carbocycles. The first-order valence-electron chi connectivity index (χ1n) is 5.63. The lowest BCUT2D eigenvalue weighted by Crippen LogP contribution is -2.20. The molecule has 100 valence electrons. The van der Waals surface area contributed by atoms with Crippen LogP contribution in [-0.2, 0) is 10.0 Å². The standard InChI is InChI=1S/C12H18N2O3S/c1-9(2)8-18(16,17)14-12-6-4-5-11(7-12)10(3)13-15/h4-7,9,14-15H,8H2,1-3H3. The van der Waals surface area contributed by atoms with Crippen LogP contribution in [0.4, 0.5) is 5.69 Å². The molecule has 0 aliphatic carbocycles. The van der Waals surface area contributed by atoms with Crippen molar-refractivity contribution in [1.82, 2.24) is 0 Å². The Morgan fingerprint density at radius 2 is 2.11 bits per heavy atom. The molecule has 1 aromatic carbocycles. The van der Waals surface area contributed by atoms with Gasteiger partial charge < -0.3 is 5.21 Å². The van der Waals surface area contributed by atoms with Crippen LogP contribution >= 0.6 is 0 Å². The number of nitrogens with one attached hydrogen (secondary N) is 1. The van der Waals surface area contributed by atoms with Crippen molar-refractivity contribution in [3.63, 3.8) is 0 Å². The summed E-state index contributed by atoms with van der Waals surface area (Å²) >= 11 is 0. The van der Waals surface area contributed by atoms with Gasteiger partial charge >= 0.3 is 0 Å². The Morgan fingerprint density at radius 3 is 2.67 bits per heavy atom. The highest BCUT2D eigenvalue weighted by atomic mass is 32.2. The van der Waals surface area contributed by atoms with E-state index in [9.17, 15) is 8.42 Å². The molecule has 18 heavy (non-hydrogen) atoms. The molecule has 0 amide bonds. The first-order valence-corrected chi connectivity index (χ1v) is 7.29. The van der Waals surface area contributed by atoms with Crippen molar-refractivity contribution in [3.05, 3.63) is 29.8 Å². The number of anilines is 1. The Bertz CT molecular complexity index is 536. The fourth-order valence-electron chi connectivity index (χ4n) is 1.53. The minimum Gasteiger partial charge on any atom is -0.411 e. The number of nitrogens with zero attached hydrogens (tertiary/aromatic N) is 1. The van der Waals surface area contributed by atoms with Gasteiger partial charge in [-0.1, -0.05) is 31.1 Å². The predicted molar refractivity (Wildman–Crippen MR) is 72.7 cm³/mol. The van der Waals surface area contributed by atoms with Gasteiger partial charge in [0.15, 0.2) is 0 Å². The quantitative estimate of drug-likeness (QED) is 0.489. The molecule has 0 radical (unpaired) electrons. The number of rotatable bonds is 5. The maximum absolute atomic E-state index is 11.8. The molecule has 0 heterocycles. The van der Waals surface area contributed by atoms with Gasteiger partial charge in [0.05, 0.1) is 11.5 Å². The fraction of sp³-hybridized carbons (Fsp3) is 0.417. The topological polar surface area (TPSA) is 78.8 Å². The van der Waals surface area contributed by atoms with E-state index in [1.54, 1.807) is 31.2 Å². The lowest BCUT2D eigenvalue weighted by Gasteiger charge is -2.10. The third kappa shape index (κ3) is 4.37. The van der Waals surface area contributed by atoms with Gasteiger partial charge in [-0.05, 0) is 25.0 Å². The van der Waals surface area contributed by atoms with Crippen LogP contribution in [0.1, 0.15) is 26.3 Å². The van der Waals surface area contributed by atoms with Crippen molar-refractivity contribution >= 4 is 21.4 Å². The van der Waals surface area contributed by atoms with E-state index in [0.29, 0.717) is 17.0 Å². The summed E-state index contributed by atoms with van der Waals surface area (Å²) in [5.74, 6) is 0.135. The molecule has 1 aromatic rings. The van der Waals surface area contributed by atoms with Crippen LogP contribution < -0.4 is 4.72 Å². The smallest absolute Gasteiger partial charge is 0.232 e. The Labute approximate surface area is 108 Å². The molecular formula is C12H18N2O3S. The highest BCUT2D eigenvalue weighted by Crippen LogP contribution is 2.14. The molecule has 0 saturated heterocycles. The highest BCUT2D eigenvalue weighted by molar-refractivity contribution is 7.92. The number of hydrogen-bond donors (Lipinski definition) is 2. The van der Waals surface area contributed by atoms with Gasteiger partial charge in [-0.15, -0.1) is 0 Å². The van der Waals surface area contributed by atoms with Crippen LogP contribution in [-0.4, -0.2) is 25.1 Å². The second kappa shape index (κ2) is 5.86. The summed E-state index contributed by atoms with van der Waals surface area (Å²) in [6.45, 7) is 5.33. The molecule has 6 heteroatoms. The van der Waals surface area contributed by atoms with E-state index in [-0.39, 0.29) is 11.7 Å². The van der Waals surface area contributed by atoms with Crippen LogP contribution in [0, 0.1) is 5.92 Å². The predicted octanol–water partition coefficient (Wildman–Crippen LogP) is 2.28. The van der Waals surface area contributed by atoms with E-state index in [1.807, 2.05) is 13.8 Å². The Kier molecular flexibility index (Phi) is 4.72. The van der Waals surface area contributed by atoms with Crippen molar-refractivity contribution in [2.45, 2.75) is 20.8 Å². The summed E-state index contributed by atoms with van der Waals surface area (Å²) in [6, 6.07) is 6.74. The Morgan fingerprint density at radius 1 is 1.44 bits per heavy atom. The molecule has 0 unspecified atom stereocenters. The average molecular weight is 270 g/mol. The largest absolute Gasteiger partial charge is 0.411 e. The Hall–Kier alpha value is -1.56. The summed E-state index contributed by atoms with van der Waals surface area (Å²) in [6.07, 6.45) is 0. The molecule has 0 bridgehead atoms. The van der Waals surface area contributed by atoms with Gasteiger partial charge in [-0.3, -0.25) is 4.72 Å². The van der Waals surface area contributed by atoms with Crippen LogP contribution in [0.2, 0.25) is 0 Å². The zero-order valence-electron chi connectivity index (χ0n) is 10.7. The van der Waals surface area contributed by atoms with Gasteiger partial charge in [-0.2, -0.15) is 0 Å². The molecule has 0 spiro atoms. The number of benzene rings is 1. The van der Waals surface area contributed by atoms with Gasteiger partial charge in [-0.25, -0.2) is 8.42 Å². The van der Waals surface area contributed by atoms with Crippen molar-refractivity contribution in [3.8, 4) is 0 Å². The average Bonchev–Trinajstić information content (AvgIpc) is 2.25. The van der Waals surface area contributed by atoms with E-state index >= 15 is 0 Å². The maximum Gasteiger partial charge on any atom is 0.232 e. The van der Waals surface area contributed by atoms with Crippen LogP contribution in [0.15, 0.2) is 29.4 Å². The normalized spacial score (nSPS) is 12.8. The van der Waals surface area contributed by atoms with E-state index in [2.05, 4.69) is 9.88 Å². The maximum atomic E-state index is 11.8. The van der Waals surface area contributed by atoms with Gasteiger partial charge in [0, 0.05) is 11.3 Å². The van der Waals surface area contributed by atoms with Gasteiger partial charge in [0.1, 0.15) is 0 Å². The summed E-state index contributed by atoms with van der Waals surface area (Å²) in [4.78, 5) is 0. The van der Waals surface area contributed by atoms with Gasteiger partial charge in [0.2, 0.25) is 10.0 Å². The first kappa shape index (κ1) is 14.5. The summed E-state index contributed by atoms with van der Waals surface area (Å²) in [5, 5.41) is 11.8. The second-order valence-electron chi connectivity index (χ2n) is 4.54. The molecule has 5 nitrogen and oxygen atoms in total. The van der Waals surface area contributed by atoms with Crippen LogP contribution in [0.5, 0.6) is 0 Å². The monoisotopic (exact) mass is 270 g/mol. The van der Waals surface area contributed by atoms with Crippen molar-refractivity contribution in [2.24, 2.45) is 11.1 Å². The molecular weight excluding hydrogens is 252 g/mol. The molecule has 0 aromatic heterocycles. The molecule has 0 fully saturated rings. The van der Waals surface area contributed by atoms with Crippen molar-refractivity contribution in [1.29, 1.82) is 0 Å². The molecule has 1 rings (SSSR count).